The Morgan fingerprint density at radius 2 is 1.66 bits per heavy atom. The lowest BCUT2D eigenvalue weighted by Crippen LogP contribution is -2.54. The fourth-order valence-corrected chi connectivity index (χ4v) is 6.28. The van der Waals surface area contributed by atoms with Gasteiger partial charge < -0.3 is 15.5 Å². The number of alkyl halides is 3. The number of halogens is 4. The van der Waals surface area contributed by atoms with Crippen LogP contribution in [0.4, 0.5) is 18.9 Å². The van der Waals surface area contributed by atoms with Crippen molar-refractivity contribution in [2.24, 2.45) is 0 Å². The Hall–Kier alpha value is -5.68. The molecule has 0 saturated carbocycles. The molecule has 3 N–H and O–H groups in total. The van der Waals surface area contributed by atoms with E-state index in [2.05, 4.69) is 25.5 Å². The summed E-state index contributed by atoms with van der Waals surface area (Å²) in [7, 11) is 0. The summed E-state index contributed by atoms with van der Waals surface area (Å²) in [5.74, 6) is -1.52. The Balaban J connectivity index is 1.41. The summed E-state index contributed by atoms with van der Waals surface area (Å²) in [5.41, 5.74) is -0.291. The Kier molecular flexibility index (Phi) is 9.59. The summed E-state index contributed by atoms with van der Waals surface area (Å²) in [6.07, 6.45) is -3.82. The van der Waals surface area contributed by atoms with Crippen molar-refractivity contribution in [2.45, 2.75) is 52.8 Å². The lowest BCUT2D eigenvalue weighted by molar-refractivity contribution is -0.431. The molecule has 1 aliphatic rings. The molecule has 276 valence electrons. The molecule has 3 aromatic heterocycles. The van der Waals surface area contributed by atoms with E-state index in [9.17, 15) is 37.8 Å². The molecule has 53 heavy (non-hydrogen) atoms. The highest BCUT2D eigenvalue weighted by atomic mass is 35.5. The lowest BCUT2D eigenvalue weighted by atomic mass is 9.98. The first-order valence-corrected chi connectivity index (χ1v) is 16.6. The maximum absolute atomic E-state index is 14.2. The molecule has 0 spiro atoms. The van der Waals surface area contributed by atoms with E-state index in [1.165, 1.54) is 20.4 Å². The van der Waals surface area contributed by atoms with E-state index >= 15 is 0 Å². The van der Waals surface area contributed by atoms with Crippen LogP contribution in [-0.4, -0.2) is 81.6 Å². The summed E-state index contributed by atoms with van der Waals surface area (Å²) in [5, 5.41) is 33.8. The fourth-order valence-electron chi connectivity index (χ4n) is 6.06. The number of pyridine rings is 1. The van der Waals surface area contributed by atoms with Crippen LogP contribution in [0.5, 0.6) is 5.75 Å². The summed E-state index contributed by atoms with van der Waals surface area (Å²) >= 11 is 6.11. The molecule has 18 heteroatoms. The van der Waals surface area contributed by atoms with Gasteiger partial charge in [-0.2, -0.15) is 22.5 Å². The molecule has 0 fully saturated rings. The summed E-state index contributed by atoms with van der Waals surface area (Å²) < 4.78 is 42.5. The van der Waals surface area contributed by atoms with E-state index in [-0.39, 0.29) is 64.9 Å². The van der Waals surface area contributed by atoms with Gasteiger partial charge in [-0.05, 0) is 63.6 Å². The van der Waals surface area contributed by atoms with E-state index < -0.39 is 34.7 Å². The van der Waals surface area contributed by atoms with Crippen molar-refractivity contribution >= 4 is 45.8 Å². The van der Waals surface area contributed by atoms with Crippen LogP contribution in [0, 0.1) is 13.8 Å². The number of rotatable bonds is 7. The second-order valence-corrected chi connectivity index (χ2v) is 13.5. The molecule has 0 radical (unpaired) electrons. The van der Waals surface area contributed by atoms with Gasteiger partial charge in [0, 0.05) is 18.2 Å². The molecular weight excluding hydrogens is 719 g/mol. The van der Waals surface area contributed by atoms with Gasteiger partial charge in [-0.3, -0.25) is 14.6 Å². The zero-order chi connectivity index (χ0) is 38.6. The lowest BCUT2D eigenvalue weighted by Gasteiger charge is -2.30. The number of hydrogen-bond donors (Lipinski definition) is 3. The number of hydrogen-bond acceptors (Lipinski definition) is 10. The van der Waals surface area contributed by atoms with Crippen LogP contribution in [0.25, 0.3) is 16.7 Å². The maximum atomic E-state index is 14.2. The zero-order valence-corrected chi connectivity index (χ0v) is 29.9. The molecule has 6 rings (SSSR count). The topological polar surface area (TPSA) is 171 Å². The molecule has 2 aromatic carbocycles. The summed E-state index contributed by atoms with van der Waals surface area (Å²) in [4.78, 5) is 50.2. The van der Waals surface area contributed by atoms with Crippen LogP contribution in [-0.2, 0) is 23.0 Å². The van der Waals surface area contributed by atoms with Crippen molar-refractivity contribution in [2.75, 3.05) is 30.0 Å². The van der Waals surface area contributed by atoms with E-state index in [0.717, 1.165) is 12.1 Å². The minimum Gasteiger partial charge on any atom is -0.504 e. The Bertz CT molecular complexity index is 2380. The molecule has 5 aromatic rings. The van der Waals surface area contributed by atoms with Gasteiger partial charge in [0.05, 0.1) is 46.2 Å². The average molecular weight is 753 g/mol. The van der Waals surface area contributed by atoms with Gasteiger partial charge in [0.15, 0.2) is 23.5 Å². The fraction of sp³-hybridized carbons (Fsp3) is 0.314. The third-order valence-electron chi connectivity index (χ3n) is 8.95. The standard InChI is InChI=1S/C35H33ClF3N9O5/c1-18-16-45(12-13-46(18)32(51)30-31(50)19(2)40-17-41-30)47-20(3)24(15-27(49)42-26-11-8-22(14-25(26)36)35(37,38)39)28-29(33(47)52)44-48(43-28)23-9-6-21(7-10-23)34(4,5)53/h6-11,14,17,53H,12-13,15-16H2,1-5H3,(H-,42,49,50,51)/p+1. The molecule has 0 saturated heterocycles. The van der Waals surface area contributed by atoms with Crippen molar-refractivity contribution in [1.29, 1.82) is 0 Å². The number of nitrogens with one attached hydrogen (secondary N) is 1. The number of aromatic hydroxyl groups is 1. The van der Waals surface area contributed by atoms with E-state index in [1.807, 2.05) is 0 Å². The van der Waals surface area contributed by atoms with Crippen molar-refractivity contribution in [3.8, 4) is 11.4 Å². The maximum Gasteiger partial charge on any atom is 0.441 e. The number of nitrogens with zero attached hydrogens (tertiary/aromatic N) is 8. The van der Waals surface area contributed by atoms with Gasteiger partial charge in [-0.1, -0.05) is 23.7 Å². The van der Waals surface area contributed by atoms with Crippen LogP contribution in [0.15, 0.2) is 53.6 Å². The second-order valence-electron chi connectivity index (χ2n) is 13.1. The first kappa shape index (κ1) is 37.1. The van der Waals surface area contributed by atoms with Crippen molar-refractivity contribution < 1.29 is 37.5 Å². The monoisotopic (exact) mass is 752 g/mol. The predicted molar refractivity (Wildman–Crippen MR) is 188 cm³/mol. The number of aryl methyl sites for hydroxylation is 1. The number of benzene rings is 2. The Labute approximate surface area is 304 Å². The number of aliphatic hydroxyl groups is 1. The highest BCUT2D eigenvalue weighted by Gasteiger charge is 2.35. The van der Waals surface area contributed by atoms with Crippen LogP contribution < -0.4 is 15.9 Å². The summed E-state index contributed by atoms with van der Waals surface area (Å²) in [6, 6.07) is 9.29. The largest absolute Gasteiger partial charge is 0.504 e. The van der Waals surface area contributed by atoms with Gasteiger partial charge in [0.1, 0.15) is 18.4 Å². The molecule has 0 aliphatic carbocycles. The number of carbonyl (C=O) groups is 2. The van der Waals surface area contributed by atoms with Crippen molar-refractivity contribution in [1.82, 2.24) is 29.6 Å². The number of fused-ring (bicyclic) bond motifs is 1. The Morgan fingerprint density at radius 3 is 2.28 bits per heavy atom. The van der Waals surface area contributed by atoms with Crippen molar-refractivity contribution in [3.05, 3.63) is 97.9 Å². The molecule has 0 bridgehead atoms. The number of aromatic nitrogens is 6. The molecule has 4 heterocycles. The zero-order valence-electron chi connectivity index (χ0n) is 29.2. The third-order valence-corrected chi connectivity index (χ3v) is 9.26. The first-order valence-electron chi connectivity index (χ1n) is 16.3. The predicted octanol–water partition coefficient (Wildman–Crippen LogP) is 4.04. The SMILES string of the molecule is CC1=[N+](C(=O)c2ncnc(C)c2O)CCN(n2c(C)c(CC(=O)Nc3ccc(C(F)(F)F)cc3Cl)c3nn(-c4ccc(C(C)(C)O)cc4)nc3c2=O)C1. The molecular formula is C35H34ClF3N9O5+. The molecule has 0 atom stereocenters. The molecule has 14 nitrogen and oxygen atoms in total. The van der Waals surface area contributed by atoms with Crippen LogP contribution in [0.1, 0.15) is 59.3 Å². The van der Waals surface area contributed by atoms with E-state index in [4.69, 9.17) is 11.6 Å². The van der Waals surface area contributed by atoms with Gasteiger partial charge in [0.2, 0.25) is 11.6 Å². The van der Waals surface area contributed by atoms with Gasteiger partial charge in [0.25, 0.3) is 5.56 Å². The highest BCUT2D eigenvalue weighted by Crippen LogP contribution is 2.34. The smallest absolute Gasteiger partial charge is 0.441 e. The summed E-state index contributed by atoms with van der Waals surface area (Å²) in [6.45, 7) is 8.49. The average Bonchev–Trinajstić information content (AvgIpc) is 3.54. The third kappa shape index (κ3) is 7.21. The number of amides is 2. The van der Waals surface area contributed by atoms with Crippen LogP contribution in [0.2, 0.25) is 5.02 Å². The van der Waals surface area contributed by atoms with Gasteiger partial charge in [-0.15, -0.1) is 10.2 Å². The quantitative estimate of drug-likeness (QED) is 0.206. The Morgan fingerprint density at radius 1 is 1.00 bits per heavy atom. The van der Waals surface area contributed by atoms with Crippen LogP contribution >= 0.6 is 11.6 Å². The van der Waals surface area contributed by atoms with E-state index in [1.54, 1.807) is 63.9 Å². The van der Waals surface area contributed by atoms with Crippen LogP contribution in [0.3, 0.4) is 0 Å². The van der Waals surface area contributed by atoms with E-state index in [0.29, 0.717) is 34.3 Å². The number of anilines is 1. The highest BCUT2D eigenvalue weighted by molar-refractivity contribution is 6.33. The first-order chi connectivity index (χ1) is 24.8. The molecule has 2 amide bonds. The minimum absolute atomic E-state index is 0.0432. The van der Waals surface area contributed by atoms with Gasteiger partial charge in [-0.25, -0.2) is 19.4 Å². The number of carbonyl (C=O) groups excluding carboxylic acids is 2. The normalized spacial score (nSPS) is 13.9. The van der Waals surface area contributed by atoms with Gasteiger partial charge >= 0.3 is 12.1 Å². The van der Waals surface area contributed by atoms with Crippen molar-refractivity contribution in [3.63, 3.8) is 0 Å². The molecule has 1 aliphatic heterocycles. The molecule has 0 unspecified atom stereocenters. The minimum atomic E-state index is -4.63. The second kappa shape index (κ2) is 13.7.